The summed E-state index contributed by atoms with van der Waals surface area (Å²) in [6.07, 6.45) is -5.42. The van der Waals surface area contributed by atoms with E-state index in [1.165, 1.54) is 0 Å². The van der Waals surface area contributed by atoms with E-state index in [2.05, 4.69) is 0 Å². The zero-order valence-electron chi connectivity index (χ0n) is 34.0. The van der Waals surface area contributed by atoms with Gasteiger partial charge in [0, 0.05) is 43.9 Å². The average molecular weight is 731 g/mol. The number of rotatable bonds is 7. The van der Waals surface area contributed by atoms with Crippen molar-refractivity contribution in [3.05, 3.63) is 0 Å². The van der Waals surface area contributed by atoms with Gasteiger partial charge < -0.3 is 54.7 Å². The van der Waals surface area contributed by atoms with E-state index in [9.17, 15) is 25.2 Å². The van der Waals surface area contributed by atoms with Crippen LogP contribution >= 0.6 is 0 Å². The summed E-state index contributed by atoms with van der Waals surface area (Å²) in [4.78, 5) is 16.4. The first kappa shape index (κ1) is 44.6. The fraction of sp³-hybridized carbons (Fsp3) is 0.974. The van der Waals surface area contributed by atoms with Crippen LogP contribution in [0.4, 0.5) is 0 Å². The van der Waals surface area contributed by atoms with E-state index in [1.807, 2.05) is 81.3 Å². The molecule has 2 saturated heterocycles. The Bertz CT molecular complexity index is 1120. The van der Waals surface area contributed by atoms with Gasteiger partial charge in [-0.15, -0.1) is 0 Å². The summed E-state index contributed by atoms with van der Waals surface area (Å²) in [5.41, 5.74) is 3.74. The van der Waals surface area contributed by atoms with Crippen LogP contribution < -0.4 is 5.73 Å². The number of methoxy groups -OCH3 is 1. The van der Waals surface area contributed by atoms with Gasteiger partial charge in [-0.25, -0.2) is 0 Å². The Balaban J connectivity index is 2.18. The molecule has 3 aliphatic rings. The maximum atomic E-state index is 14.4. The van der Waals surface area contributed by atoms with Crippen LogP contribution in [0.2, 0.25) is 0 Å². The number of ketones is 1. The monoisotopic (exact) mass is 731 g/mol. The lowest BCUT2D eigenvalue weighted by atomic mass is 9.64. The topological polar surface area (TPSA) is 173 Å². The van der Waals surface area contributed by atoms with Crippen molar-refractivity contribution in [3.8, 4) is 0 Å². The molecule has 2 aliphatic heterocycles. The van der Waals surface area contributed by atoms with Gasteiger partial charge in [0.15, 0.2) is 12.6 Å². The van der Waals surface area contributed by atoms with Crippen molar-refractivity contribution in [1.29, 1.82) is 0 Å². The van der Waals surface area contributed by atoms with Crippen LogP contribution in [0.15, 0.2) is 0 Å². The second kappa shape index (κ2) is 17.4. The number of nitrogens with zero attached hydrogens (tertiary/aromatic N) is 1. The van der Waals surface area contributed by atoms with Gasteiger partial charge in [-0.05, 0) is 77.8 Å². The van der Waals surface area contributed by atoms with Crippen molar-refractivity contribution >= 4 is 5.78 Å². The number of hydrogen-bond donors (Lipinski definition) is 5. The highest BCUT2D eigenvalue weighted by Crippen LogP contribution is 2.44. The van der Waals surface area contributed by atoms with E-state index in [-0.39, 0.29) is 54.9 Å². The van der Waals surface area contributed by atoms with Crippen molar-refractivity contribution in [3.63, 3.8) is 0 Å². The summed E-state index contributed by atoms with van der Waals surface area (Å²) >= 11 is 0. The lowest BCUT2D eigenvalue weighted by Crippen LogP contribution is -2.61. The molecule has 300 valence electrons. The fourth-order valence-electron chi connectivity index (χ4n) is 9.37. The van der Waals surface area contributed by atoms with Crippen molar-refractivity contribution in [2.45, 2.75) is 187 Å². The van der Waals surface area contributed by atoms with Crippen LogP contribution in [-0.4, -0.2) is 131 Å². The Morgan fingerprint density at radius 2 is 1.53 bits per heavy atom. The van der Waals surface area contributed by atoms with Gasteiger partial charge in [0.05, 0.1) is 41.7 Å². The molecule has 0 spiro atoms. The molecule has 12 heteroatoms. The number of ether oxygens (including phenoxy) is 5. The van der Waals surface area contributed by atoms with Gasteiger partial charge in [0.25, 0.3) is 0 Å². The second-order valence-electron chi connectivity index (χ2n) is 17.8. The molecule has 0 radical (unpaired) electrons. The van der Waals surface area contributed by atoms with Gasteiger partial charge in [0.2, 0.25) is 0 Å². The van der Waals surface area contributed by atoms with Crippen molar-refractivity contribution in [2.24, 2.45) is 40.7 Å². The molecule has 18 atom stereocenters. The normalized spacial score (nSPS) is 49.5. The predicted molar refractivity (Wildman–Crippen MR) is 196 cm³/mol. The van der Waals surface area contributed by atoms with Crippen LogP contribution in [0.5, 0.6) is 0 Å². The molecule has 12 nitrogen and oxygen atoms in total. The predicted octanol–water partition coefficient (Wildman–Crippen LogP) is 3.48. The third-order valence-electron chi connectivity index (χ3n) is 13.2. The summed E-state index contributed by atoms with van der Waals surface area (Å²) in [5.74, 6) is -2.09. The zero-order chi connectivity index (χ0) is 39.0. The number of aliphatic hydroxyl groups excluding tert-OH is 3. The van der Waals surface area contributed by atoms with Gasteiger partial charge in [-0.1, -0.05) is 54.9 Å². The Labute approximate surface area is 308 Å². The van der Waals surface area contributed by atoms with Crippen molar-refractivity contribution in [1.82, 2.24) is 4.90 Å². The highest BCUT2D eigenvalue weighted by atomic mass is 16.7. The second-order valence-corrected chi connectivity index (χ2v) is 17.8. The minimum atomic E-state index is -1.55. The molecule has 2 unspecified atom stereocenters. The molecule has 0 amide bonds. The summed E-state index contributed by atoms with van der Waals surface area (Å²) in [5, 5.41) is 46.8. The number of carbonyl (C=O) groups is 1. The fourth-order valence-corrected chi connectivity index (χ4v) is 9.37. The lowest BCUT2D eigenvalue weighted by molar-refractivity contribution is -0.317. The van der Waals surface area contributed by atoms with Crippen LogP contribution in [0.25, 0.3) is 0 Å². The smallest absolute Gasteiger partial charge is 0.185 e. The molecule has 3 fully saturated rings. The molecular formula is C39H74N2O10. The lowest BCUT2D eigenvalue weighted by Gasteiger charge is -2.50. The van der Waals surface area contributed by atoms with E-state index in [0.717, 1.165) is 0 Å². The van der Waals surface area contributed by atoms with Gasteiger partial charge >= 0.3 is 0 Å². The average Bonchev–Trinajstić information content (AvgIpc) is 3.05. The molecule has 0 bridgehead atoms. The third kappa shape index (κ3) is 9.73. The Morgan fingerprint density at radius 1 is 0.922 bits per heavy atom. The summed E-state index contributed by atoms with van der Waals surface area (Å²) in [6.45, 7) is 20.9. The van der Waals surface area contributed by atoms with E-state index < -0.39 is 83.7 Å². The molecule has 1 aliphatic carbocycles. The molecule has 51 heavy (non-hydrogen) atoms. The Morgan fingerprint density at radius 3 is 2.08 bits per heavy atom. The van der Waals surface area contributed by atoms with Crippen LogP contribution in [-0.2, 0) is 28.5 Å². The van der Waals surface area contributed by atoms with E-state index >= 15 is 0 Å². The molecule has 3 rings (SSSR count). The first-order valence-electron chi connectivity index (χ1n) is 19.3. The van der Waals surface area contributed by atoms with Crippen LogP contribution in [0, 0.1) is 35.0 Å². The SMILES string of the molecule is CC[C@H]1CC(=O)[C@H](C)[C@@H](O[C@H]2C[C@@](C)(OC)[C@@H](O)[C@H](C)O2)[C@H](C)[C@@H](O[C@@H]2O[C@H](C)CC(N(C)C)[C@H]2O)[C@](C)(O)C[C@@H](C)C(N)[C@H](C)[C@@H](O)C1(C)C. The minimum Gasteiger partial charge on any atom is -0.392 e. The summed E-state index contributed by atoms with van der Waals surface area (Å²) in [6, 6.07) is -0.724. The maximum Gasteiger partial charge on any atom is 0.185 e. The van der Waals surface area contributed by atoms with Gasteiger partial charge in [0.1, 0.15) is 18.0 Å². The number of nitrogens with two attached hydrogens (primary N) is 1. The zero-order valence-corrected chi connectivity index (χ0v) is 34.0. The number of Topliss-reactive ketones (excluding diaryl/α,β-unsaturated/α-hetero) is 1. The first-order valence-corrected chi connectivity index (χ1v) is 19.3. The number of hydrogen-bond acceptors (Lipinski definition) is 12. The first-order chi connectivity index (χ1) is 23.4. The van der Waals surface area contributed by atoms with E-state index in [0.29, 0.717) is 12.8 Å². The molecule has 0 aromatic heterocycles. The molecule has 6 N–H and O–H groups in total. The number of aliphatic hydroxyl groups is 4. The van der Waals surface area contributed by atoms with Crippen LogP contribution in [0.3, 0.4) is 0 Å². The standard InChI is InChI=1S/C39H74N2O10/c1-15-26-17-28(42)22(4)32(50-29-19-39(11,47-14)34(45)25(7)49-29)24(6)35(51-36-31(43)27(41(12)13)16-21(3)48-36)38(10,46)18-20(2)30(40)23(5)33(44)37(26,8)9/h20-27,29-36,43-46H,15-19,40H2,1-14H3/t20-,21-,22+,23+,24+,25+,26+,27?,29+,30?,31-,32-,33-,34+,35-,36+,38-,39-/m1/s1. The largest absolute Gasteiger partial charge is 0.392 e. The molecule has 2 heterocycles. The Kier molecular flexibility index (Phi) is 15.2. The van der Waals surface area contributed by atoms with E-state index in [1.54, 1.807) is 21.0 Å². The summed E-state index contributed by atoms with van der Waals surface area (Å²) < 4.78 is 31.8. The maximum absolute atomic E-state index is 14.4. The molecule has 0 aromatic carbocycles. The van der Waals surface area contributed by atoms with Crippen molar-refractivity contribution < 1.29 is 48.9 Å². The highest BCUT2D eigenvalue weighted by Gasteiger charge is 2.52. The summed E-state index contributed by atoms with van der Waals surface area (Å²) in [7, 11) is 5.35. The highest BCUT2D eigenvalue weighted by molar-refractivity contribution is 5.81. The van der Waals surface area contributed by atoms with Crippen LogP contribution in [0.1, 0.15) is 108 Å². The Hall–Kier alpha value is -0.770. The van der Waals surface area contributed by atoms with Gasteiger partial charge in [-0.3, -0.25) is 4.79 Å². The number of carbonyl (C=O) groups excluding carboxylic acids is 1. The minimum absolute atomic E-state index is 0.0478. The quantitative estimate of drug-likeness (QED) is 0.259. The van der Waals surface area contributed by atoms with Crippen molar-refractivity contribution in [2.75, 3.05) is 21.2 Å². The van der Waals surface area contributed by atoms with Gasteiger partial charge in [-0.2, -0.15) is 0 Å². The third-order valence-corrected chi connectivity index (χ3v) is 13.2. The molecular weight excluding hydrogens is 656 g/mol. The van der Waals surface area contributed by atoms with E-state index in [4.69, 9.17) is 29.4 Å². The molecule has 0 aromatic rings. The molecule has 1 saturated carbocycles. The number of likely N-dealkylation sites (N-methyl/N-ethyl adjacent to an activating group) is 1.